The second kappa shape index (κ2) is 5.35. The fourth-order valence-corrected chi connectivity index (χ4v) is 2.15. The van der Waals surface area contributed by atoms with E-state index in [-0.39, 0.29) is 11.7 Å². The van der Waals surface area contributed by atoms with E-state index in [9.17, 15) is 9.59 Å². The molecule has 5 heteroatoms. The maximum atomic E-state index is 12.1. The third kappa shape index (κ3) is 2.61. The number of amides is 1. The number of nitrogens with zero attached hydrogens (tertiary/aromatic N) is 2. The molecule has 1 amide bonds. The molecular weight excluding hydrogens is 232 g/mol. The van der Waals surface area contributed by atoms with E-state index in [2.05, 4.69) is 0 Å². The molecule has 1 fully saturated rings. The third-order valence-corrected chi connectivity index (χ3v) is 3.29. The number of ketones is 1. The van der Waals surface area contributed by atoms with Gasteiger partial charge in [-0.3, -0.25) is 9.59 Å². The van der Waals surface area contributed by atoms with E-state index in [0.717, 1.165) is 5.69 Å². The number of Topliss-reactive ketones (excluding diaryl/α,β-unsaturated/α-hetero) is 1. The Balaban J connectivity index is 2.04. The number of rotatable bonds is 3. The Morgan fingerprint density at radius 2 is 2.00 bits per heavy atom. The molecule has 5 nitrogen and oxygen atoms in total. The molecule has 18 heavy (non-hydrogen) atoms. The van der Waals surface area contributed by atoms with Gasteiger partial charge < -0.3 is 14.2 Å². The molecule has 1 aromatic heterocycles. The van der Waals surface area contributed by atoms with Crippen LogP contribution in [0.4, 0.5) is 0 Å². The van der Waals surface area contributed by atoms with Gasteiger partial charge in [0.05, 0.1) is 13.2 Å². The molecule has 0 aromatic carbocycles. The van der Waals surface area contributed by atoms with Crippen LogP contribution < -0.4 is 0 Å². The summed E-state index contributed by atoms with van der Waals surface area (Å²) in [6, 6.07) is 1.77. The molecule has 0 bridgehead atoms. The summed E-state index contributed by atoms with van der Waals surface area (Å²) in [5.41, 5.74) is 1.54. The first kappa shape index (κ1) is 12.8. The quantitative estimate of drug-likeness (QED) is 0.748. The summed E-state index contributed by atoms with van der Waals surface area (Å²) in [7, 11) is 0. The zero-order valence-electron chi connectivity index (χ0n) is 10.8. The molecule has 0 aliphatic carbocycles. The number of morpholine rings is 1. The van der Waals surface area contributed by atoms with Crippen LogP contribution in [0.2, 0.25) is 0 Å². The van der Waals surface area contributed by atoms with Crippen LogP contribution >= 0.6 is 0 Å². The Bertz CT molecular complexity index is 459. The Morgan fingerprint density at radius 3 is 2.56 bits per heavy atom. The first-order valence-electron chi connectivity index (χ1n) is 6.12. The van der Waals surface area contributed by atoms with Gasteiger partial charge in [-0.25, -0.2) is 0 Å². The van der Waals surface area contributed by atoms with Gasteiger partial charge in [0.2, 0.25) is 5.91 Å². The van der Waals surface area contributed by atoms with E-state index >= 15 is 0 Å². The van der Waals surface area contributed by atoms with Gasteiger partial charge in [0.15, 0.2) is 5.78 Å². The van der Waals surface area contributed by atoms with Crippen LogP contribution in [0.15, 0.2) is 12.3 Å². The van der Waals surface area contributed by atoms with E-state index < -0.39 is 0 Å². The van der Waals surface area contributed by atoms with Crippen molar-refractivity contribution in [3.8, 4) is 0 Å². The van der Waals surface area contributed by atoms with Crippen LogP contribution in [0.1, 0.15) is 23.0 Å². The molecule has 1 aromatic rings. The van der Waals surface area contributed by atoms with Crippen molar-refractivity contribution in [1.29, 1.82) is 0 Å². The summed E-state index contributed by atoms with van der Waals surface area (Å²) in [6.45, 7) is 6.21. The van der Waals surface area contributed by atoms with Gasteiger partial charge in [-0.15, -0.1) is 0 Å². The maximum Gasteiger partial charge on any atom is 0.242 e. The minimum atomic E-state index is 0.0325. The lowest BCUT2D eigenvalue weighted by Crippen LogP contribution is -2.42. The van der Waals surface area contributed by atoms with Crippen molar-refractivity contribution in [2.45, 2.75) is 20.4 Å². The van der Waals surface area contributed by atoms with Crippen molar-refractivity contribution in [2.75, 3.05) is 26.3 Å². The van der Waals surface area contributed by atoms with Crippen molar-refractivity contribution in [3.63, 3.8) is 0 Å². The number of hydrogen-bond acceptors (Lipinski definition) is 3. The Kier molecular flexibility index (Phi) is 3.81. The van der Waals surface area contributed by atoms with Crippen molar-refractivity contribution >= 4 is 11.7 Å². The number of carbonyl (C=O) groups excluding carboxylic acids is 2. The van der Waals surface area contributed by atoms with Gasteiger partial charge in [0.25, 0.3) is 0 Å². The smallest absolute Gasteiger partial charge is 0.242 e. The van der Waals surface area contributed by atoms with E-state index in [1.165, 1.54) is 6.92 Å². The molecule has 1 aliphatic heterocycles. The van der Waals surface area contributed by atoms with Crippen LogP contribution in [0.5, 0.6) is 0 Å². The molecule has 0 unspecified atom stereocenters. The highest BCUT2D eigenvalue weighted by Crippen LogP contribution is 2.11. The Labute approximate surface area is 106 Å². The second-order valence-electron chi connectivity index (χ2n) is 4.49. The normalized spacial score (nSPS) is 15.8. The van der Waals surface area contributed by atoms with Crippen LogP contribution in [0.3, 0.4) is 0 Å². The average molecular weight is 250 g/mol. The predicted octanol–water partition coefficient (Wildman–Crippen LogP) is 0.858. The first-order valence-corrected chi connectivity index (χ1v) is 6.12. The fourth-order valence-electron chi connectivity index (χ4n) is 2.15. The minimum absolute atomic E-state index is 0.0325. The SMILES string of the molecule is CC(=O)c1ccn(CC(=O)N2CCOCC2)c1C. The summed E-state index contributed by atoms with van der Waals surface area (Å²) >= 11 is 0. The Hall–Kier alpha value is -1.62. The first-order chi connectivity index (χ1) is 8.59. The summed E-state index contributed by atoms with van der Waals surface area (Å²) in [4.78, 5) is 25.2. The van der Waals surface area contributed by atoms with Crippen LogP contribution in [-0.4, -0.2) is 47.5 Å². The predicted molar refractivity (Wildman–Crippen MR) is 66.6 cm³/mol. The van der Waals surface area contributed by atoms with Gasteiger partial charge >= 0.3 is 0 Å². The molecule has 0 spiro atoms. The molecule has 0 radical (unpaired) electrons. The molecule has 0 N–H and O–H groups in total. The van der Waals surface area contributed by atoms with Crippen LogP contribution in [0, 0.1) is 6.92 Å². The summed E-state index contributed by atoms with van der Waals surface area (Å²) in [6.07, 6.45) is 1.80. The number of ether oxygens (including phenoxy) is 1. The number of aromatic nitrogens is 1. The van der Waals surface area contributed by atoms with Crippen molar-refractivity contribution in [3.05, 3.63) is 23.5 Å². The van der Waals surface area contributed by atoms with Crippen molar-refractivity contribution in [1.82, 2.24) is 9.47 Å². The summed E-state index contributed by atoms with van der Waals surface area (Å²) in [5.74, 6) is 0.108. The number of hydrogen-bond donors (Lipinski definition) is 0. The zero-order chi connectivity index (χ0) is 13.1. The lowest BCUT2D eigenvalue weighted by molar-refractivity contribution is -0.135. The van der Waals surface area contributed by atoms with Gasteiger partial charge in [-0.05, 0) is 19.9 Å². The largest absolute Gasteiger partial charge is 0.378 e. The highest BCUT2D eigenvalue weighted by Gasteiger charge is 2.18. The van der Waals surface area contributed by atoms with E-state index in [0.29, 0.717) is 38.4 Å². The van der Waals surface area contributed by atoms with Crippen LogP contribution in [-0.2, 0) is 16.1 Å². The van der Waals surface area contributed by atoms with Gasteiger partial charge in [-0.1, -0.05) is 0 Å². The monoisotopic (exact) mass is 250 g/mol. The van der Waals surface area contributed by atoms with Crippen molar-refractivity contribution in [2.24, 2.45) is 0 Å². The summed E-state index contributed by atoms with van der Waals surface area (Å²) < 4.78 is 7.04. The molecule has 2 heterocycles. The standard InChI is InChI=1S/C13H18N2O3/c1-10-12(11(2)16)3-4-15(10)9-13(17)14-5-7-18-8-6-14/h3-4H,5-9H2,1-2H3. The third-order valence-electron chi connectivity index (χ3n) is 3.29. The molecule has 1 aliphatic rings. The lowest BCUT2D eigenvalue weighted by atomic mass is 10.2. The molecule has 0 atom stereocenters. The van der Waals surface area contributed by atoms with Gasteiger partial charge in [0, 0.05) is 30.5 Å². The van der Waals surface area contributed by atoms with Gasteiger partial charge in [0.1, 0.15) is 6.54 Å². The highest BCUT2D eigenvalue weighted by atomic mass is 16.5. The fraction of sp³-hybridized carbons (Fsp3) is 0.538. The van der Waals surface area contributed by atoms with Crippen LogP contribution in [0.25, 0.3) is 0 Å². The van der Waals surface area contributed by atoms with E-state index in [4.69, 9.17) is 4.74 Å². The number of carbonyl (C=O) groups is 2. The second-order valence-corrected chi connectivity index (χ2v) is 4.49. The summed E-state index contributed by atoms with van der Waals surface area (Å²) in [5, 5.41) is 0. The average Bonchev–Trinajstić information content (AvgIpc) is 2.72. The zero-order valence-corrected chi connectivity index (χ0v) is 10.8. The topological polar surface area (TPSA) is 51.5 Å². The van der Waals surface area contributed by atoms with Gasteiger partial charge in [-0.2, -0.15) is 0 Å². The molecule has 2 rings (SSSR count). The minimum Gasteiger partial charge on any atom is -0.378 e. The highest BCUT2D eigenvalue weighted by molar-refractivity contribution is 5.95. The van der Waals surface area contributed by atoms with E-state index in [1.54, 1.807) is 17.2 Å². The van der Waals surface area contributed by atoms with E-state index in [1.807, 2.05) is 11.5 Å². The maximum absolute atomic E-state index is 12.1. The lowest BCUT2D eigenvalue weighted by Gasteiger charge is -2.27. The molecule has 1 saturated heterocycles. The Morgan fingerprint density at radius 1 is 1.33 bits per heavy atom. The molecule has 0 saturated carbocycles. The molecular formula is C13H18N2O3. The van der Waals surface area contributed by atoms with Crippen molar-refractivity contribution < 1.29 is 14.3 Å². The molecule has 98 valence electrons.